The lowest BCUT2D eigenvalue weighted by Gasteiger charge is -2.36. The van der Waals surface area contributed by atoms with E-state index in [9.17, 15) is 9.59 Å². The molecule has 1 unspecified atom stereocenters. The van der Waals surface area contributed by atoms with Crippen molar-refractivity contribution in [2.45, 2.75) is 19.4 Å². The second-order valence-corrected chi connectivity index (χ2v) is 10.6. The van der Waals surface area contributed by atoms with Gasteiger partial charge in [0.1, 0.15) is 17.9 Å². The summed E-state index contributed by atoms with van der Waals surface area (Å²) in [4.78, 5) is 42.9. The topological polar surface area (TPSA) is 112 Å². The van der Waals surface area contributed by atoms with Crippen LogP contribution < -0.4 is 25.3 Å². The van der Waals surface area contributed by atoms with Crippen LogP contribution in [0.2, 0.25) is 10.0 Å². The molecule has 2 aliphatic rings. The number of ether oxygens (including phenoxy) is 1. The lowest BCUT2D eigenvalue weighted by Crippen LogP contribution is -2.48. The van der Waals surface area contributed by atoms with Crippen molar-refractivity contribution in [3.8, 4) is 5.75 Å². The molecule has 5 rings (SSSR count). The van der Waals surface area contributed by atoms with Crippen molar-refractivity contribution in [2.24, 2.45) is 0 Å². The Balaban J connectivity index is 1.42. The molecule has 1 aromatic heterocycles. The third-order valence-electron chi connectivity index (χ3n) is 7.20. The molecule has 2 aromatic carbocycles. The smallest absolute Gasteiger partial charge is 0.247 e. The molecule has 42 heavy (non-hydrogen) atoms. The van der Waals surface area contributed by atoms with E-state index in [2.05, 4.69) is 32.1 Å². The van der Waals surface area contributed by atoms with Gasteiger partial charge in [-0.15, -0.1) is 0 Å². The molecule has 220 valence electrons. The maximum Gasteiger partial charge on any atom is 0.247 e. The minimum Gasteiger partial charge on any atom is -0.494 e. The van der Waals surface area contributed by atoms with Crippen molar-refractivity contribution in [2.75, 3.05) is 60.5 Å². The number of anilines is 5. The maximum absolute atomic E-state index is 12.4. The van der Waals surface area contributed by atoms with Crippen molar-refractivity contribution in [3.05, 3.63) is 71.0 Å². The van der Waals surface area contributed by atoms with Crippen LogP contribution in [0.25, 0.3) is 0 Å². The fourth-order valence-electron chi connectivity index (χ4n) is 5.03. The van der Waals surface area contributed by atoms with Crippen molar-refractivity contribution < 1.29 is 19.2 Å². The van der Waals surface area contributed by atoms with E-state index in [-0.39, 0.29) is 17.9 Å². The minimum absolute atomic E-state index is 0.0406. The summed E-state index contributed by atoms with van der Waals surface area (Å²) in [5.41, 5.74) is 2.88. The van der Waals surface area contributed by atoms with Crippen molar-refractivity contribution in [1.29, 1.82) is 0 Å². The van der Waals surface area contributed by atoms with Crippen molar-refractivity contribution >= 4 is 63.7 Å². The van der Waals surface area contributed by atoms with Crippen LogP contribution in [0.5, 0.6) is 5.75 Å². The van der Waals surface area contributed by atoms with Crippen LogP contribution in [-0.2, 0) is 14.4 Å². The van der Waals surface area contributed by atoms with Gasteiger partial charge in [-0.25, -0.2) is 15.0 Å². The number of hydrogen-bond acceptors (Lipinski definition) is 9. The van der Waals surface area contributed by atoms with Crippen LogP contribution in [0, 0.1) is 0 Å². The number of rotatable bonds is 8. The van der Waals surface area contributed by atoms with Gasteiger partial charge >= 0.3 is 0 Å². The first kappa shape index (κ1) is 29.4. The van der Waals surface area contributed by atoms with Crippen LogP contribution in [-0.4, -0.2) is 66.6 Å². The molecule has 3 heterocycles. The number of hydroxylamine groups is 1. The van der Waals surface area contributed by atoms with Crippen molar-refractivity contribution in [1.82, 2.24) is 14.9 Å². The molecule has 0 radical (unpaired) electrons. The molecule has 2 aliphatic heterocycles. The van der Waals surface area contributed by atoms with Gasteiger partial charge in [-0.3, -0.25) is 14.4 Å². The summed E-state index contributed by atoms with van der Waals surface area (Å²) in [6.07, 6.45) is 3.40. The Morgan fingerprint density at radius 1 is 1.07 bits per heavy atom. The monoisotopic (exact) mass is 611 g/mol. The Hall–Kier alpha value is -4.06. The van der Waals surface area contributed by atoms with Crippen LogP contribution >= 0.6 is 23.2 Å². The Bertz CT molecular complexity index is 1500. The Kier molecular flexibility index (Phi) is 9.00. The fraction of sp³-hybridized carbons (Fsp3) is 0.310. The zero-order valence-corrected chi connectivity index (χ0v) is 24.8. The molecule has 11 nitrogen and oxygen atoms in total. The molecule has 0 bridgehead atoms. The highest BCUT2D eigenvalue weighted by Crippen LogP contribution is 2.40. The van der Waals surface area contributed by atoms with Gasteiger partial charge in [-0.1, -0.05) is 35.8 Å². The number of benzene rings is 2. The Morgan fingerprint density at radius 3 is 2.55 bits per heavy atom. The summed E-state index contributed by atoms with van der Waals surface area (Å²) >= 11 is 12.4. The summed E-state index contributed by atoms with van der Waals surface area (Å²) in [6.45, 7) is 8.04. The number of carbonyl (C=O) groups excluding carboxylic acids is 2. The van der Waals surface area contributed by atoms with E-state index in [1.807, 2.05) is 18.2 Å². The standard InChI is InChI=1S/C29H31Cl2N7O4/c1-4-29(40)35-22-14-23(26(41-3)15-25(22)37-10-8-36(9-11-37)18(2)39)34-27-16-28(33-17-32-27)38-24(7-12-42-38)19-5-6-20(30)21(31)13-19/h4-6,13-17,24H,1,7-12H2,2-3H3,(H,35,40)(H,32,33,34). The Morgan fingerprint density at radius 2 is 1.86 bits per heavy atom. The number of halogens is 2. The summed E-state index contributed by atoms with van der Waals surface area (Å²) in [7, 11) is 1.57. The largest absolute Gasteiger partial charge is 0.494 e. The highest BCUT2D eigenvalue weighted by molar-refractivity contribution is 6.42. The van der Waals surface area contributed by atoms with Crippen LogP contribution in [0.3, 0.4) is 0 Å². The van der Waals surface area contributed by atoms with Gasteiger partial charge in [0, 0.05) is 51.7 Å². The molecule has 13 heteroatoms. The first-order chi connectivity index (χ1) is 20.3. The number of nitrogens with one attached hydrogen (secondary N) is 2. The maximum atomic E-state index is 12.4. The summed E-state index contributed by atoms with van der Waals surface area (Å²) < 4.78 is 5.73. The average Bonchev–Trinajstić information content (AvgIpc) is 3.49. The first-order valence-corrected chi connectivity index (χ1v) is 14.1. The second-order valence-electron chi connectivity index (χ2n) is 9.78. The summed E-state index contributed by atoms with van der Waals surface area (Å²) in [6, 6.07) is 10.8. The van der Waals surface area contributed by atoms with Gasteiger partial charge in [-0.2, -0.15) is 0 Å². The third-order valence-corrected chi connectivity index (χ3v) is 7.94. The van der Waals surface area contributed by atoms with E-state index in [4.69, 9.17) is 32.8 Å². The normalized spacial score (nSPS) is 16.8. The number of nitrogens with zero attached hydrogens (tertiary/aromatic N) is 5. The lowest BCUT2D eigenvalue weighted by molar-refractivity contribution is -0.129. The molecule has 2 amide bonds. The summed E-state index contributed by atoms with van der Waals surface area (Å²) in [5.74, 6) is 1.28. The SMILES string of the molecule is C=CC(=O)Nc1cc(Nc2cc(N3OCCC3c3ccc(Cl)c(Cl)c3)ncn2)c(OC)cc1N1CCN(C(C)=O)CC1. The highest BCUT2D eigenvalue weighted by atomic mass is 35.5. The first-order valence-electron chi connectivity index (χ1n) is 13.4. The third kappa shape index (κ3) is 6.38. The molecule has 1 atom stereocenters. The fourth-order valence-corrected chi connectivity index (χ4v) is 5.34. The summed E-state index contributed by atoms with van der Waals surface area (Å²) in [5, 5.41) is 8.90. The van der Waals surface area contributed by atoms with E-state index in [0.29, 0.717) is 71.6 Å². The lowest BCUT2D eigenvalue weighted by atomic mass is 10.0. The zero-order chi connectivity index (χ0) is 29.8. The quantitative estimate of drug-likeness (QED) is 0.331. The minimum atomic E-state index is -0.349. The van der Waals surface area contributed by atoms with Gasteiger partial charge in [0.05, 0.1) is 46.9 Å². The number of carbonyl (C=O) groups is 2. The molecule has 0 saturated carbocycles. The average molecular weight is 613 g/mol. The van der Waals surface area contributed by atoms with E-state index in [1.165, 1.54) is 12.4 Å². The van der Waals surface area contributed by atoms with Crippen LogP contribution in [0.15, 0.2) is 55.4 Å². The number of aromatic nitrogens is 2. The van der Waals surface area contributed by atoms with Gasteiger partial charge in [-0.05, 0) is 29.8 Å². The molecule has 3 aromatic rings. The van der Waals surface area contributed by atoms with E-state index < -0.39 is 0 Å². The van der Waals surface area contributed by atoms with Crippen LogP contribution in [0.1, 0.15) is 24.9 Å². The predicted octanol–water partition coefficient (Wildman–Crippen LogP) is 5.21. The molecule has 2 fully saturated rings. The molecular weight excluding hydrogens is 581 g/mol. The number of amides is 2. The number of hydrogen-bond donors (Lipinski definition) is 2. The van der Waals surface area contributed by atoms with E-state index in [1.54, 1.807) is 42.2 Å². The second kappa shape index (κ2) is 12.8. The van der Waals surface area contributed by atoms with E-state index in [0.717, 1.165) is 17.7 Å². The number of piperazine rings is 1. The molecule has 2 N–H and O–H groups in total. The van der Waals surface area contributed by atoms with Gasteiger partial charge in [0.25, 0.3) is 0 Å². The van der Waals surface area contributed by atoms with Gasteiger partial charge < -0.3 is 25.2 Å². The molecule has 2 saturated heterocycles. The highest BCUT2D eigenvalue weighted by Gasteiger charge is 2.30. The molecule has 0 spiro atoms. The predicted molar refractivity (Wildman–Crippen MR) is 164 cm³/mol. The van der Waals surface area contributed by atoms with Crippen molar-refractivity contribution in [3.63, 3.8) is 0 Å². The zero-order valence-electron chi connectivity index (χ0n) is 23.3. The number of methoxy groups -OCH3 is 1. The molecular formula is C29H31Cl2N7O4. The van der Waals surface area contributed by atoms with E-state index >= 15 is 0 Å². The Labute approximate surface area is 254 Å². The molecule has 0 aliphatic carbocycles. The van der Waals surface area contributed by atoms with Crippen LogP contribution in [0.4, 0.5) is 28.7 Å². The van der Waals surface area contributed by atoms with Gasteiger partial charge in [0.2, 0.25) is 11.8 Å². The van der Waals surface area contributed by atoms with Gasteiger partial charge in [0.15, 0.2) is 5.82 Å².